The Hall–Kier alpha value is 0.387. The summed E-state index contributed by atoms with van der Waals surface area (Å²) >= 11 is 0.125. The normalized spacial score (nSPS) is 4.29. The van der Waals surface area contributed by atoms with Gasteiger partial charge in [0.15, 0.2) is 5.97 Å². The van der Waals surface area contributed by atoms with Crippen molar-refractivity contribution in [3.63, 3.8) is 0 Å². The summed E-state index contributed by atoms with van der Waals surface area (Å²) in [5, 5.41) is 7.31. The number of rotatable bonds is 0. The van der Waals surface area contributed by atoms with E-state index < -0.39 is 5.97 Å². The van der Waals surface area contributed by atoms with Crippen LogP contribution in [-0.4, -0.2) is 11.1 Å². The topological polar surface area (TPSA) is 54.4 Å². The molecule has 0 aromatic carbocycles. The molecule has 0 rings (SSSR count). The second-order valence-electron chi connectivity index (χ2n) is 0.394. The van der Waals surface area contributed by atoms with Gasteiger partial charge in [0, 0.05) is 19.5 Å². The van der Waals surface area contributed by atoms with Crippen molar-refractivity contribution in [2.24, 2.45) is 0 Å². The molecule has 0 aliphatic rings. The van der Waals surface area contributed by atoms with Crippen molar-refractivity contribution in [2.45, 2.75) is 0 Å². The number of carboxylic acid groups (broad SMARTS) is 1. The van der Waals surface area contributed by atoms with Crippen LogP contribution in [0.3, 0.4) is 0 Å². The number of carboxylic acids is 1. The molecule has 34 valence electrons. The fourth-order valence-electron chi connectivity index (χ4n) is 0. The van der Waals surface area contributed by atoms with Crippen LogP contribution in [0.15, 0.2) is 0 Å². The Labute approximate surface area is 64.2 Å². The predicted molar refractivity (Wildman–Crippen MR) is 13.7 cm³/mol. The first-order chi connectivity index (χ1) is 2.73. The average molecular weight is 206 g/mol. The van der Waals surface area contributed by atoms with Gasteiger partial charge in [0.1, 0.15) is 0 Å². The van der Waals surface area contributed by atoms with E-state index in [0.29, 0.717) is 0 Å². The summed E-state index contributed by atoms with van der Waals surface area (Å²) in [4.78, 5) is 8.89. The van der Waals surface area contributed by atoms with E-state index in [1.165, 1.54) is 0 Å². The van der Waals surface area contributed by atoms with Gasteiger partial charge in [0.2, 0.25) is 0 Å². The number of hydrogen-bond acceptors (Lipinski definition) is 2. The Bertz CT molecular complexity index is 42.2. The largest absolute Gasteiger partial charge is 0 e. The van der Waals surface area contributed by atoms with Crippen LogP contribution >= 0.6 is 0 Å². The minimum atomic E-state index is -1.08. The van der Waals surface area contributed by atoms with Crippen LogP contribution in [0.5, 0.6) is 0 Å². The molecule has 7 heavy (non-hydrogen) atoms. The molecular formula is C2H3O3Zn2-. The van der Waals surface area contributed by atoms with E-state index in [9.17, 15) is 0 Å². The molecule has 0 fully saturated rings. The summed E-state index contributed by atoms with van der Waals surface area (Å²) in [5.74, 6) is -1.08. The molecule has 0 aliphatic heterocycles. The van der Waals surface area contributed by atoms with Crippen molar-refractivity contribution in [1.29, 1.82) is 0 Å². The summed E-state index contributed by atoms with van der Waals surface area (Å²) in [6.45, 7) is 2.56. The van der Waals surface area contributed by atoms with Crippen molar-refractivity contribution < 1.29 is 51.2 Å². The summed E-state index contributed by atoms with van der Waals surface area (Å²) in [5.41, 5.74) is 0. The molecule has 0 heterocycles. The third-order valence-electron chi connectivity index (χ3n) is 0. The molecule has 0 saturated heterocycles. The molecule has 3 nitrogen and oxygen atoms in total. The monoisotopic (exact) mass is 203 g/mol. The minimum Gasteiger partial charge on any atom is 0 e. The maximum Gasteiger partial charge on any atom is 0 e. The van der Waals surface area contributed by atoms with Crippen molar-refractivity contribution in [1.82, 2.24) is 0 Å². The predicted octanol–water partition coefficient (Wildman–Crippen LogP) is -0.219. The fraction of sp³-hybridized carbons (Fsp3) is 0. The van der Waals surface area contributed by atoms with E-state index in [4.69, 9.17) is 13.5 Å². The van der Waals surface area contributed by atoms with Crippen LogP contribution < -0.4 is 0 Å². The molecule has 0 saturated carbocycles. The molecule has 0 spiro atoms. The third-order valence-corrected chi connectivity index (χ3v) is 0. The standard InChI is InChI=1S/C2H3O2.O.2Zn/c1-2(3)4;;;/h1H2,(H,3,4);;;/q-1;;;. The molecule has 0 bridgehead atoms. The number of aliphatic carboxylic acids is 1. The van der Waals surface area contributed by atoms with E-state index in [1.54, 1.807) is 0 Å². The van der Waals surface area contributed by atoms with E-state index in [0.717, 1.165) is 0 Å². The summed E-state index contributed by atoms with van der Waals surface area (Å²) in [6.07, 6.45) is 0. The van der Waals surface area contributed by atoms with Gasteiger partial charge >= 0.3 is 21.8 Å². The van der Waals surface area contributed by atoms with Crippen LogP contribution in [0.2, 0.25) is 0 Å². The molecule has 0 amide bonds. The van der Waals surface area contributed by atoms with E-state index in [1.807, 2.05) is 0 Å². The first kappa shape index (κ1) is 15.7. The molecule has 5 heteroatoms. The molecule has 1 N–H and O–H groups in total. The van der Waals surface area contributed by atoms with Gasteiger partial charge < -0.3 is 5.11 Å². The molecule has 0 atom stereocenters. The first-order valence-corrected chi connectivity index (χ1v) is 2.28. The smallest absolute Gasteiger partial charge is 0 e. The summed E-state index contributed by atoms with van der Waals surface area (Å²) in [7, 11) is 0. The number of carbonyl (C=O) groups is 1. The van der Waals surface area contributed by atoms with Gasteiger partial charge in [-0.05, 0) is 0 Å². The zero-order valence-corrected chi connectivity index (χ0v) is 9.82. The maximum absolute atomic E-state index is 8.89. The van der Waals surface area contributed by atoms with Crippen molar-refractivity contribution in [3.05, 3.63) is 6.92 Å². The second-order valence-corrected chi connectivity index (χ2v) is 0.394. The fourth-order valence-corrected chi connectivity index (χ4v) is 0. The van der Waals surface area contributed by atoms with Gasteiger partial charge in [-0.15, -0.1) is 0 Å². The summed E-state index contributed by atoms with van der Waals surface area (Å²) in [6, 6.07) is 0. The third kappa shape index (κ3) is 822. The zero-order chi connectivity index (χ0) is 5.58. The molecular weight excluding hydrogens is 203 g/mol. The van der Waals surface area contributed by atoms with E-state index >= 15 is 0 Å². The maximum atomic E-state index is 8.89. The Morgan fingerprint density at radius 3 is 1.57 bits per heavy atom. The number of hydrogen-bond donors (Lipinski definition) is 1. The van der Waals surface area contributed by atoms with Crippen molar-refractivity contribution in [2.75, 3.05) is 0 Å². The second kappa shape index (κ2) is 16.2. The van der Waals surface area contributed by atoms with Crippen LogP contribution in [0.25, 0.3) is 0 Å². The van der Waals surface area contributed by atoms with Crippen LogP contribution in [0, 0.1) is 6.92 Å². The Balaban J connectivity index is -0.0000000480. The Morgan fingerprint density at radius 2 is 1.57 bits per heavy atom. The SMILES string of the molecule is [CH2-]C(=O)O.[O]=[Zn].[Zn]. The van der Waals surface area contributed by atoms with Crippen molar-refractivity contribution in [3.8, 4) is 0 Å². The van der Waals surface area contributed by atoms with E-state index in [2.05, 4.69) is 6.92 Å². The van der Waals surface area contributed by atoms with Gasteiger partial charge in [0.25, 0.3) is 0 Å². The van der Waals surface area contributed by atoms with Gasteiger partial charge in [-0.3, -0.25) is 11.7 Å². The van der Waals surface area contributed by atoms with Crippen LogP contribution in [-0.2, 0) is 46.1 Å². The van der Waals surface area contributed by atoms with Crippen LogP contribution in [0.4, 0.5) is 0 Å². The zero-order valence-electron chi connectivity index (χ0n) is 3.89. The van der Waals surface area contributed by atoms with E-state index in [-0.39, 0.29) is 37.7 Å². The van der Waals surface area contributed by atoms with Gasteiger partial charge in [-0.25, -0.2) is 0 Å². The molecule has 0 aliphatic carbocycles. The molecule has 0 radical (unpaired) electrons. The molecule has 0 aromatic rings. The average Bonchev–Trinajstić information content (AvgIpc) is 1.41. The summed E-state index contributed by atoms with van der Waals surface area (Å²) < 4.78 is 8.38. The Morgan fingerprint density at radius 1 is 1.57 bits per heavy atom. The van der Waals surface area contributed by atoms with Gasteiger partial charge in [-0.2, -0.15) is 0 Å². The first-order valence-electron chi connectivity index (χ1n) is 1.07. The minimum absolute atomic E-state index is 0. The van der Waals surface area contributed by atoms with Crippen LogP contribution in [0.1, 0.15) is 0 Å². The van der Waals surface area contributed by atoms with Crippen molar-refractivity contribution >= 4 is 5.97 Å². The molecule has 0 aromatic heterocycles. The quantitative estimate of drug-likeness (QED) is 0.440. The Kier molecular flexibility index (Phi) is 36.1. The van der Waals surface area contributed by atoms with Gasteiger partial charge in [-0.1, -0.05) is 0 Å². The molecule has 0 unspecified atom stereocenters. The van der Waals surface area contributed by atoms with Gasteiger partial charge in [0.05, 0.1) is 0 Å².